The molecule has 23 heavy (non-hydrogen) atoms. The molecule has 118 valence electrons. The fourth-order valence-corrected chi connectivity index (χ4v) is 3.13. The van der Waals surface area contributed by atoms with Gasteiger partial charge >= 0.3 is 0 Å². The number of imidazole rings is 1. The van der Waals surface area contributed by atoms with Crippen molar-refractivity contribution < 1.29 is 4.79 Å². The van der Waals surface area contributed by atoms with Crippen molar-refractivity contribution in [1.82, 2.24) is 15.3 Å². The van der Waals surface area contributed by atoms with E-state index in [-0.39, 0.29) is 5.91 Å². The first-order valence-corrected chi connectivity index (χ1v) is 8.79. The van der Waals surface area contributed by atoms with Crippen LogP contribution in [0, 0.1) is 0 Å². The lowest BCUT2D eigenvalue weighted by atomic mass is 10.2. The van der Waals surface area contributed by atoms with Crippen LogP contribution in [0.25, 0.3) is 11.0 Å². The molecule has 1 aromatic heterocycles. The molecule has 0 spiro atoms. The highest BCUT2D eigenvalue weighted by molar-refractivity contribution is 7.99. The molecule has 0 saturated heterocycles. The van der Waals surface area contributed by atoms with Gasteiger partial charge in [-0.1, -0.05) is 42.5 Å². The first-order valence-electron chi connectivity index (χ1n) is 7.63. The van der Waals surface area contributed by atoms with Crippen LogP contribution < -0.4 is 5.32 Å². The number of carbonyl (C=O) groups is 1. The van der Waals surface area contributed by atoms with Gasteiger partial charge in [-0.05, 0) is 29.9 Å². The average Bonchev–Trinajstić information content (AvgIpc) is 3.01. The molecule has 2 aromatic carbocycles. The Balaban J connectivity index is 1.38. The van der Waals surface area contributed by atoms with Crippen molar-refractivity contribution in [3.8, 4) is 0 Å². The fraction of sp³-hybridized carbons (Fsp3) is 0.222. The summed E-state index contributed by atoms with van der Waals surface area (Å²) in [5, 5.41) is 2.91. The summed E-state index contributed by atoms with van der Waals surface area (Å²) in [5.41, 5.74) is 3.23. The minimum atomic E-state index is 0.0449. The summed E-state index contributed by atoms with van der Waals surface area (Å²) in [6.07, 6.45) is 0.988. The molecule has 0 radical (unpaired) electrons. The number of carbonyl (C=O) groups excluding carboxylic acids is 1. The molecule has 0 aliphatic rings. The van der Waals surface area contributed by atoms with Crippen molar-refractivity contribution in [3.05, 3.63) is 66.0 Å². The molecule has 0 aliphatic carbocycles. The number of rotatable bonds is 7. The molecule has 0 fully saturated rings. The Morgan fingerprint density at radius 2 is 1.87 bits per heavy atom. The zero-order chi connectivity index (χ0) is 15.9. The molecule has 0 aliphatic heterocycles. The standard InChI is InChI=1S/C18H19N3OS/c22-18(13-23-11-10-14-6-2-1-3-7-14)19-12-17-20-15-8-4-5-9-16(15)21-17/h1-9H,10-13H2,(H,19,22)(H,20,21). The second-order valence-electron chi connectivity index (χ2n) is 5.27. The fourth-order valence-electron chi connectivity index (χ4n) is 2.32. The lowest BCUT2D eigenvalue weighted by Gasteiger charge is -2.04. The molecule has 1 heterocycles. The molecule has 0 saturated carbocycles. The van der Waals surface area contributed by atoms with E-state index in [1.54, 1.807) is 11.8 Å². The van der Waals surface area contributed by atoms with E-state index < -0.39 is 0 Å². The number of hydrogen-bond donors (Lipinski definition) is 2. The van der Waals surface area contributed by atoms with E-state index in [2.05, 4.69) is 27.4 Å². The van der Waals surface area contributed by atoms with Crippen molar-refractivity contribution in [1.29, 1.82) is 0 Å². The number of fused-ring (bicyclic) bond motifs is 1. The SMILES string of the molecule is O=C(CSCCc1ccccc1)NCc1nc2ccccc2[nH]1. The Bertz CT molecular complexity index is 737. The molecule has 0 bridgehead atoms. The van der Waals surface area contributed by atoms with Gasteiger partial charge in [0.05, 0.1) is 23.3 Å². The molecule has 1 amide bonds. The van der Waals surface area contributed by atoms with Gasteiger partial charge in [-0.25, -0.2) is 4.98 Å². The number of thioether (sulfide) groups is 1. The highest BCUT2D eigenvalue weighted by atomic mass is 32.2. The van der Waals surface area contributed by atoms with Crippen LogP contribution in [-0.2, 0) is 17.8 Å². The molecule has 4 nitrogen and oxygen atoms in total. The van der Waals surface area contributed by atoms with E-state index in [9.17, 15) is 4.79 Å². The summed E-state index contributed by atoms with van der Waals surface area (Å²) in [4.78, 5) is 19.5. The van der Waals surface area contributed by atoms with Crippen molar-refractivity contribution in [2.24, 2.45) is 0 Å². The predicted octanol–water partition coefficient (Wildman–Crippen LogP) is 3.16. The van der Waals surface area contributed by atoms with Crippen LogP contribution in [0.1, 0.15) is 11.4 Å². The number of H-pyrrole nitrogens is 1. The van der Waals surface area contributed by atoms with Crippen LogP contribution in [-0.4, -0.2) is 27.4 Å². The van der Waals surface area contributed by atoms with Crippen LogP contribution in [0.3, 0.4) is 0 Å². The number of hydrogen-bond acceptors (Lipinski definition) is 3. The summed E-state index contributed by atoms with van der Waals surface area (Å²) in [6, 6.07) is 18.2. The van der Waals surface area contributed by atoms with E-state index in [1.165, 1.54) is 5.56 Å². The van der Waals surface area contributed by atoms with Gasteiger partial charge in [0.25, 0.3) is 0 Å². The number of aromatic nitrogens is 2. The second-order valence-corrected chi connectivity index (χ2v) is 6.37. The predicted molar refractivity (Wildman–Crippen MR) is 95.4 cm³/mol. The second kappa shape index (κ2) is 7.83. The molecular formula is C18H19N3OS. The molecule has 3 aromatic rings. The molecule has 3 rings (SSSR count). The normalized spacial score (nSPS) is 10.8. The van der Waals surface area contributed by atoms with Crippen molar-refractivity contribution in [3.63, 3.8) is 0 Å². The van der Waals surface area contributed by atoms with Gasteiger partial charge in [0, 0.05) is 0 Å². The maximum atomic E-state index is 11.9. The van der Waals surface area contributed by atoms with E-state index in [0.29, 0.717) is 12.3 Å². The lowest BCUT2D eigenvalue weighted by molar-refractivity contribution is -0.118. The number of aryl methyl sites for hydroxylation is 1. The van der Waals surface area contributed by atoms with Crippen LogP contribution >= 0.6 is 11.8 Å². The highest BCUT2D eigenvalue weighted by Crippen LogP contribution is 2.10. The Morgan fingerprint density at radius 3 is 2.70 bits per heavy atom. The van der Waals surface area contributed by atoms with Gasteiger partial charge in [0.15, 0.2) is 0 Å². The molecule has 0 unspecified atom stereocenters. The Kier molecular flexibility index (Phi) is 5.32. The summed E-state index contributed by atoms with van der Waals surface area (Å²) in [5.74, 6) is 2.26. The first kappa shape index (κ1) is 15.6. The Morgan fingerprint density at radius 1 is 1.09 bits per heavy atom. The summed E-state index contributed by atoms with van der Waals surface area (Å²) in [7, 11) is 0. The van der Waals surface area contributed by atoms with Gasteiger partial charge in [-0.15, -0.1) is 0 Å². The maximum absolute atomic E-state index is 11.9. The third kappa shape index (κ3) is 4.60. The Labute approximate surface area is 139 Å². The van der Waals surface area contributed by atoms with Crippen molar-refractivity contribution >= 4 is 28.7 Å². The van der Waals surface area contributed by atoms with E-state index in [0.717, 1.165) is 29.0 Å². The van der Waals surface area contributed by atoms with Crippen LogP contribution in [0.2, 0.25) is 0 Å². The minimum absolute atomic E-state index is 0.0449. The van der Waals surface area contributed by atoms with Gasteiger partial charge in [0.1, 0.15) is 5.82 Å². The summed E-state index contributed by atoms with van der Waals surface area (Å²) in [6.45, 7) is 0.437. The van der Waals surface area contributed by atoms with Crippen molar-refractivity contribution in [2.75, 3.05) is 11.5 Å². The average molecular weight is 325 g/mol. The van der Waals surface area contributed by atoms with Crippen LogP contribution in [0.5, 0.6) is 0 Å². The first-order chi connectivity index (χ1) is 11.3. The Hall–Kier alpha value is -2.27. The highest BCUT2D eigenvalue weighted by Gasteiger charge is 2.05. The smallest absolute Gasteiger partial charge is 0.230 e. The van der Waals surface area contributed by atoms with Gasteiger partial charge in [0.2, 0.25) is 5.91 Å². The van der Waals surface area contributed by atoms with E-state index in [1.807, 2.05) is 42.5 Å². The topological polar surface area (TPSA) is 57.8 Å². The van der Waals surface area contributed by atoms with Gasteiger partial charge in [-0.2, -0.15) is 11.8 Å². The zero-order valence-electron chi connectivity index (χ0n) is 12.8. The monoisotopic (exact) mass is 325 g/mol. The zero-order valence-corrected chi connectivity index (χ0v) is 13.6. The number of aromatic amines is 1. The molecule has 5 heteroatoms. The van der Waals surface area contributed by atoms with Crippen molar-refractivity contribution in [2.45, 2.75) is 13.0 Å². The largest absolute Gasteiger partial charge is 0.348 e. The lowest BCUT2D eigenvalue weighted by Crippen LogP contribution is -2.25. The minimum Gasteiger partial charge on any atom is -0.348 e. The van der Waals surface area contributed by atoms with Gasteiger partial charge in [-0.3, -0.25) is 4.79 Å². The third-order valence-electron chi connectivity index (χ3n) is 3.50. The maximum Gasteiger partial charge on any atom is 0.230 e. The van der Waals surface area contributed by atoms with E-state index in [4.69, 9.17) is 0 Å². The number of nitrogens with one attached hydrogen (secondary N) is 2. The van der Waals surface area contributed by atoms with Crippen LogP contribution in [0.15, 0.2) is 54.6 Å². The summed E-state index contributed by atoms with van der Waals surface area (Å²) >= 11 is 1.65. The summed E-state index contributed by atoms with van der Waals surface area (Å²) < 4.78 is 0. The molecule has 0 atom stereocenters. The number of para-hydroxylation sites is 2. The molecule has 2 N–H and O–H groups in total. The molecular weight excluding hydrogens is 306 g/mol. The number of amides is 1. The van der Waals surface area contributed by atoms with Gasteiger partial charge < -0.3 is 10.3 Å². The number of nitrogens with zero attached hydrogens (tertiary/aromatic N) is 1. The third-order valence-corrected chi connectivity index (χ3v) is 4.46. The number of benzene rings is 2. The van der Waals surface area contributed by atoms with Crippen LogP contribution in [0.4, 0.5) is 0 Å². The quantitative estimate of drug-likeness (QED) is 0.656. The van der Waals surface area contributed by atoms with E-state index >= 15 is 0 Å².